The van der Waals surface area contributed by atoms with Crippen LogP contribution in [0.5, 0.6) is 0 Å². The maximum absolute atomic E-state index is 9.62. The average Bonchev–Trinajstić information content (AvgIpc) is 2.28. The van der Waals surface area contributed by atoms with E-state index in [0.29, 0.717) is 19.1 Å². The van der Waals surface area contributed by atoms with Gasteiger partial charge in [-0.05, 0) is 39.2 Å². The number of aliphatic hydroxyl groups excluding tert-OH is 1. The molecule has 96 valence electrons. The highest BCUT2D eigenvalue weighted by Gasteiger charge is 2.13. The zero-order chi connectivity index (χ0) is 11.8. The largest absolute Gasteiger partial charge is 0.389 e. The van der Waals surface area contributed by atoms with Gasteiger partial charge in [0.05, 0.1) is 18.8 Å². The summed E-state index contributed by atoms with van der Waals surface area (Å²) < 4.78 is 10.6. The Bertz CT molecular complexity index is 170. The zero-order valence-electron chi connectivity index (χ0n) is 10.4. The molecule has 0 aromatic carbocycles. The van der Waals surface area contributed by atoms with Gasteiger partial charge >= 0.3 is 0 Å². The Balaban J connectivity index is 1.96. The minimum atomic E-state index is -0.401. The first-order chi connectivity index (χ1) is 7.68. The van der Waals surface area contributed by atoms with E-state index in [9.17, 15) is 5.11 Å². The van der Waals surface area contributed by atoms with E-state index in [4.69, 9.17) is 9.47 Å². The van der Waals surface area contributed by atoms with Gasteiger partial charge in [-0.1, -0.05) is 0 Å². The van der Waals surface area contributed by atoms with Crippen molar-refractivity contribution in [1.82, 2.24) is 5.32 Å². The molecule has 1 fully saturated rings. The van der Waals surface area contributed by atoms with E-state index < -0.39 is 6.10 Å². The number of hydrogen-bond donors (Lipinski definition) is 2. The first kappa shape index (κ1) is 13.9. The molecule has 0 bridgehead atoms. The van der Waals surface area contributed by atoms with E-state index in [0.717, 1.165) is 32.6 Å². The highest BCUT2D eigenvalue weighted by molar-refractivity contribution is 4.67. The third-order valence-electron chi connectivity index (χ3n) is 2.78. The highest BCUT2D eigenvalue weighted by Crippen LogP contribution is 2.12. The SMILES string of the molecule is CC(C)OCC(O)CNCC1CCOCC1. The van der Waals surface area contributed by atoms with Crippen molar-refractivity contribution in [2.75, 3.05) is 32.9 Å². The number of ether oxygens (including phenoxy) is 2. The van der Waals surface area contributed by atoms with E-state index in [-0.39, 0.29) is 6.10 Å². The van der Waals surface area contributed by atoms with Crippen LogP contribution >= 0.6 is 0 Å². The van der Waals surface area contributed by atoms with Crippen LogP contribution in [0.3, 0.4) is 0 Å². The molecule has 16 heavy (non-hydrogen) atoms. The summed E-state index contributed by atoms with van der Waals surface area (Å²) in [5.41, 5.74) is 0. The van der Waals surface area contributed by atoms with Crippen molar-refractivity contribution in [2.45, 2.75) is 38.9 Å². The molecule has 4 heteroatoms. The van der Waals surface area contributed by atoms with Crippen LogP contribution in [0, 0.1) is 5.92 Å². The first-order valence-electron chi connectivity index (χ1n) is 6.26. The summed E-state index contributed by atoms with van der Waals surface area (Å²) in [4.78, 5) is 0. The normalized spacial score (nSPS) is 20.2. The van der Waals surface area contributed by atoms with Gasteiger partial charge in [0, 0.05) is 19.8 Å². The third kappa shape index (κ3) is 6.43. The first-order valence-corrected chi connectivity index (χ1v) is 6.26. The molecule has 0 saturated carbocycles. The quantitative estimate of drug-likeness (QED) is 0.680. The van der Waals surface area contributed by atoms with Crippen molar-refractivity contribution >= 4 is 0 Å². The van der Waals surface area contributed by atoms with Crippen LogP contribution in [0.1, 0.15) is 26.7 Å². The standard InChI is InChI=1S/C12H25NO3/c1-10(2)16-9-12(14)8-13-7-11-3-5-15-6-4-11/h10-14H,3-9H2,1-2H3. The van der Waals surface area contributed by atoms with Gasteiger partial charge in [-0.15, -0.1) is 0 Å². The van der Waals surface area contributed by atoms with Crippen LogP contribution in [-0.2, 0) is 9.47 Å². The minimum absolute atomic E-state index is 0.185. The molecular formula is C12H25NO3. The van der Waals surface area contributed by atoms with Gasteiger partial charge in [-0.25, -0.2) is 0 Å². The molecule has 1 atom stereocenters. The Morgan fingerprint density at radius 2 is 2.06 bits per heavy atom. The average molecular weight is 231 g/mol. The second-order valence-electron chi connectivity index (χ2n) is 4.75. The minimum Gasteiger partial charge on any atom is -0.389 e. The fourth-order valence-corrected chi connectivity index (χ4v) is 1.77. The van der Waals surface area contributed by atoms with Crippen LogP contribution in [-0.4, -0.2) is 50.2 Å². The molecule has 1 saturated heterocycles. The smallest absolute Gasteiger partial charge is 0.0897 e. The Kier molecular flexibility index (Phi) is 6.96. The van der Waals surface area contributed by atoms with Crippen molar-refractivity contribution in [3.8, 4) is 0 Å². The van der Waals surface area contributed by atoms with Gasteiger partial charge in [0.25, 0.3) is 0 Å². The second kappa shape index (κ2) is 8.01. The maximum Gasteiger partial charge on any atom is 0.0897 e. The van der Waals surface area contributed by atoms with Gasteiger partial charge in [0.2, 0.25) is 0 Å². The molecule has 1 heterocycles. The lowest BCUT2D eigenvalue weighted by molar-refractivity contribution is 0.00523. The molecule has 2 N–H and O–H groups in total. The molecule has 0 radical (unpaired) electrons. The number of hydrogen-bond acceptors (Lipinski definition) is 4. The lowest BCUT2D eigenvalue weighted by Gasteiger charge is -2.23. The Morgan fingerprint density at radius 1 is 1.38 bits per heavy atom. The molecule has 1 unspecified atom stereocenters. The van der Waals surface area contributed by atoms with Crippen molar-refractivity contribution in [3.05, 3.63) is 0 Å². The Morgan fingerprint density at radius 3 is 2.69 bits per heavy atom. The van der Waals surface area contributed by atoms with E-state index in [1.54, 1.807) is 0 Å². The summed E-state index contributed by atoms with van der Waals surface area (Å²) in [6.07, 6.45) is 2.05. The van der Waals surface area contributed by atoms with Crippen LogP contribution in [0.25, 0.3) is 0 Å². The summed E-state index contributed by atoms with van der Waals surface area (Å²) >= 11 is 0. The van der Waals surface area contributed by atoms with Gasteiger partial charge in [0.1, 0.15) is 0 Å². The number of rotatable bonds is 7. The van der Waals surface area contributed by atoms with E-state index in [2.05, 4.69) is 5.32 Å². The Labute approximate surface area is 98.3 Å². The number of nitrogens with one attached hydrogen (secondary N) is 1. The van der Waals surface area contributed by atoms with E-state index in [1.165, 1.54) is 0 Å². The molecule has 0 aromatic rings. The number of aliphatic hydroxyl groups is 1. The molecule has 1 rings (SSSR count). The summed E-state index contributed by atoms with van der Waals surface area (Å²) in [7, 11) is 0. The van der Waals surface area contributed by atoms with E-state index >= 15 is 0 Å². The van der Waals surface area contributed by atoms with Crippen LogP contribution in [0.2, 0.25) is 0 Å². The van der Waals surface area contributed by atoms with Gasteiger partial charge in [0.15, 0.2) is 0 Å². The summed E-state index contributed by atoms with van der Waals surface area (Å²) in [6.45, 7) is 7.71. The molecule has 4 nitrogen and oxygen atoms in total. The van der Waals surface area contributed by atoms with Gasteiger partial charge in [-0.2, -0.15) is 0 Å². The Hall–Kier alpha value is -0.160. The van der Waals surface area contributed by atoms with Crippen LogP contribution < -0.4 is 5.32 Å². The van der Waals surface area contributed by atoms with Gasteiger partial charge < -0.3 is 19.9 Å². The molecule has 1 aliphatic rings. The van der Waals surface area contributed by atoms with Crippen molar-refractivity contribution < 1.29 is 14.6 Å². The van der Waals surface area contributed by atoms with Crippen molar-refractivity contribution in [1.29, 1.82) is 0 Å². The maximum atomic E-state index is 9.62. The van der Waals surface area contributed by atoms with Crippen LogP contribution in [0.4, 0.5) is 0 Å². The molecule has 0 amide bonds. The summed E-state index contributed by atoms with van der Waals surface area (Å²) in [5, 5.41) is 12.9. The molecule has 0 aliphatic carbocycles. The summed E-state index contributed by atoms with van der Waals surface area (Å²) in [6, 6.07) is 0. The topological polar surface area (TPSA) is 50.7 Å². The summed E-state index contributed by atoms with van der Waals surface area (Å²) in [5.74, 6) is 0.701. The van der Waals surface area contributed by atoms with Crippen LogP contribution in [0.15, 0.2) is 0 Å². The molecule has 0 spiro atoms. The highest BCUT2D eigenvalue weighted by atomic mass is 16.5. The lowest BCUT2D eigenvalue weighted by atomic mass is 10.0. The van der Waals surface area contributed by atoms with Crippen molar-refractivity contribution in [3.63, 3.8) is 0 Å². The fraction of sp³-hybridized carbons (Fsp3) is 1.00. The second-order valence-corrected chi connectivity index (χ2v) is 4.75. The predicted molar refractivity (Wildman–Crippen MR) is 63.5 cm³/mol. The molecular weight excluding hydrogens is 206 g/mol. The monoisotopic (exact) mass is 231 g/mol. The fourth-order valence-electron chi connectivity index (χ4n) is 1.77. The molecule has 1 aliphatic heterocycles. The van der Waals surface area contributed by atoms with Gasteiger partial charge in [-0.3, -0.25) is 0 Å². The van der Waals surface area contributed by atoms with Crippen molar-refractivity contribution in [2.24, 2.45) is 5.92 Å². The third-order valence-corrected chi connectivity index (χ3v) is 2.78. The zero-order valence-corrected chi connectivity index (χ0v) is 10.4. The lowest BCUT2D eigenvalue weighted by Crippen LogP contribution is -2.35. The van der Waals surface area contributed by atoms with E-state index in [1.807, 2.05) is 13.8 Å². The molecule has 0 aromatic heterocycles. The predicted octanol–water partition coefficient (Wildman–Crippen LogP) is 0.788.